The zero-order valence-electron chi connectivity index (χ0n) is 12.3. The number of aliphatic hydroxyl groups excluding tert-OH is 1. The second-order valence-corrected chi connectivity index (χ2v) is 7.20. The molecule has 3 N–H and O–H groups in total. The highest BCUT2D eigenvalue weighted by Gasteiger charge is 2.27. The summed E-state index contributed by atoms with van der Waals surface area (Å²) in [6.07, 6.45) is 1.79. The highest BCUT2D eigenvalue weighted by atomic mass is 32.1. The summed E-state index contributed by atoms with van der Waals surface area (Å²) in [5, 5.41) is 22.5. The summed E-state index contributed by atoms with van der Waals surface area (Å²) in [7, 11) is 0. The van der Waals surface area contributed by atoms with Gasteiger partial charge in [0.1, 0.15) is 0 Å². The van der Waals surface area contributed by atoms with Crippen molar-refractivity contribution in [2.75, 3.05) is 6.54 Å². The summed E-state index contributed by atoms with van der Waals surface area (Å²) in [6, 6.07) is 1.43. The van der Waals surface area contributed by atoms with Gasteiger partial charge in [0.2, 0.25) is 0 Å². The maximum absolute atomic E-state index is 11.9. The smallest absolute Gasteiger partial charge is 0.315 e. The first kappa shape index (κ1) is 15.5. The Hall–Kier alpha value is -1.44. The zero-order valence-corrected chi connectivity index (χ0v) is 13.9. The van der Waals surface area contributed by atoms with Crippen LogP contribution in [0.2, 0.25) is 0 Å². The van der Waals surface area contributed by atoms with Crippen LogP contribution in [0.1, 0.15) is 54.1 Å². The lowest BCUT2D eigenvalue weighted by Crippen LogP contribution is -2.39. The van der Waals surface area contributed by atoms with Crippen LogP contribution in [0.5, 0.6) is 0 Å². The van der Waals surface area contributed by atoms with Crippen LogP contribution in [-0.4, -0.2) is 22.7 Å². The Morgan fingerprint density at radius 2 is 2.32 bits per heavy atom. The standard InChI is InChI=1S/C15H19N3O2S2/c1-9(12-8-22-14(18-12)10-2-3-10)17-15(20)16-6-13(19)11-4-5-21-7-11/h4-5,7-10,13,19H,2-3,6H2,1H3,(H2,16,17,20)/t9-,13-/m1/s1. The van der Waals surface area contributed by atoms with Gasteiger partial charge in [0, 0.05) is 17.8 Å². The van der Waals surface area contributed by atoms with Crippen LogP contribution in [-0.2, 0) is 0 Å². The topological polar surface area (TPSA) is 74.2 Å². The number of urea groups is 1. The number of nitrogens with one attached hydrogen (secondary N) is 2. The molecule has 0 aromatic carbocycles. The summed E-state index contributed by atoms with van der Waals surface area (Å²) >= 11 is 3.19. The lowest BCUT2D eigenvalue weighted by Gasteiger charge is -2.14. The van der Waals surface area contributed by atoms with E-state index in [4.69, 9.17) is 0 Å². The van der Waals surface area contributed by atoms with E-state index in [2.05, 4.69) is 15.6 Å². The molecule has 0 radical (unpaired) electrons. The first-order valence-electron chi connectivity index (χ1n) is 7.33. The normalized spacial score (nSPS) is 17.0. The number of aliphatic hydroxyl groups is 1. The highest BCUT2D eigenvalue weighted by Crippen LogP contribution is 2.41. The van der Waals surface area contributed by atoms with Crippen molar-refractivity contribution in [3.8, 4) is 0 Å². The van der Waals surface area contributed by atoms with Crippen molar-refractivity contribution < 1.29 is 9.90 Å². The first-order chi connectivity index (χ1) is 10.6. The molecule has 1 aliphatic carbocycles. The van der Waals surface area contributed by atoms with E-state index in [1.807, 2.05) is 29.1 Å². The quantitative estimate of drug-likeness (QED) is 0.758. The summed E-state index contributed by atoms with van der Waals surface area (Å²) in [5.41, 5.74) is 1.73. The number of thiazole rings is 1. The molecule has 0 aliphatic heterocycles. The van der Waals surface area contributed by atoms with E-state index in [0.29, 0.717) is 5.92 Å². The Morgan fingerprint density at radius 3 is 3.00 bits per heavy atom. The van der Waals surface area contributed by atoms with Crippen LogP contribution in [0.25, 0.3) is 0 Å². The molecule has 2 aromatic rings. The lowest BCUT2D eigenvalue weighted by atomic mass is 10.2. The van der Waals surface area contributed by atoms with Gasteiger partial charge in [-0.05, 0) is 42.2 Å². The fourth-order valence-electron chi connectivity index (χ4n) is 2.11. The van der Waals surface area contributed by atoms with E-state index in [9.17, 15) is 9.90 Å². The predicted molar refractivity (Wildman–Crippen MR) is 88.3 cm³/mol. The SMILES string of the molecule is C[C@@H](NC(=O)NC[C@@H](O)c1ccsc1)c1csc(C2CC2)n1. The number of rotatable bonds is 6. The van der Waals surface area contributed by atoms with E-state index >= 15 is 0 Å². The second kappa shape index (κ2) is 6.76. The molecule has 2 aromatic heterocycles. The Kier molecular flexibility index (Phi) is 4.75. The molecule has 3 rings (SSSR count). The molecule has 0 saturated heterocycles. The van der Waals surface area contributed by atoms with Crippen LogP contribution >= 0.6 is 22.7 Å². The van der Waals surface area contributed by atoms with Crippen molar-refractivity contribution in [3.63, 3.8) is 0 Å². The Balaban J connectivity index is 1.46. The van der Waals surface area contributed by atoms with Crippen molar-refractivity contribution in [2.24, 2.45) is 0 Å². The average molecular weight is 337 g/mol. The molecule has 5 nitrogen and oxygen atoms in total. The van der Waals surface area contributed by atoms with Gasteiger partial charge in [0.25, 0.3) is 0 Å². The Bertz CT molecular complexity index is 623. The van der Waals surface area contributed by atoms with Gasteiger partial charge in [-0.25, -0.2) is 9.78 Å². The van der Waals surface area contributed by atoms with Crippen LogP contribution in [0.4, 0.5) is 4.79 Å². The van der Waals surface area contributed by atoms with Gasteiger partial charge in [-0.3, -0.25) is 0 Å². The maximum atomic E-state index is 11.9. The molecule has 2 heterocycles. The van der Waals surface area contributed by atoms with E-state index in [-0.39, 0.29) is 18.6 Å². The molecule has 1 fully saturated rings. The molecule has 1 aliphatic rings. The molecule has 1 saturated carbocycles. The van der Waals surface area contributed by atoms with E-state index in [0.717, 1.165) is 11.3 Å². The summed E-state index contributed by atoms with van der Waals surface area (Å²) in [6.45, 7) is 2.11. The van der Waals surface area contributed by atoms with Crippen molar-refractivity contribution in [1.82, 2.24) is 15.6 Å². The minimum Gasteiger partial charge on any atom is -0.387 e. The monoisotopic (exact) mass is 337 g/mol. The molecule has 7 heteroatoms. The van der Waals surface area contributed by atoms with Gasteiger partial charge in [0.05, 0.1) is 22.8 Å². The molecular formula is C15H19N3O2S2. The van der Waals surface area contributed by atoms with Gasteiger partial charge in [-0.1, -0.05) is 0 Å². The largest absolute Gasteiger partial charge is 0.387 e. The van der Waals surface area contributed by atoms with Crippen LogP contribution in [0.3, 0.4) is 0 Å². The van der Waals surface area contributed by atoms with Crippen molar-refractivity contribution in [1.29, 1.82) is 0 Å². The molecule has 2 atom stereocenters. The van der Waals surface area contributed by atoms with Crippen molar-refractivity contribution in [3.05, 3.63) is 38.5 Å². The number of hydrogen-bond donors (Lipinski definition) is 3. The molecule has 0 bridgehead atoms. The molecular weight excluding hydrogens is 318 g/mol. The summed E-state index contributed by atoms with van der Waals surface area (Å²) < 4.78 is 0. The van der Waals surface area contributed by atoms with Crippen molar-refractivity contribution in [2.45, 2.75) is 37.8 Å². The molecule has 0 unspecified atom stereocenters. The third-order valence-electron chi connectivity index (χ3n) is 3.64. The molecule has 2 amide bonds. The number of carbonyl (C=O) groups excluding carboxylic acids is 1. The number of thiophene rings is 1. The zero-order chi connectivity index (χ0) is 15.5. The number of carbonyl (C=O) groups is 1. The number of nitrogens with zero attached hydrogens (tertiary/aromatic N) is 1. The molecule has 118 valence electrons. The van der Waals surface area contributed by atoms with Crippen molar-refractivity contribution >= 4 is 28.7 Å². The van der Waals surface area contributed by atoms with Crippen LogP contribution < -0.4 is 10.6 Å². The summed E-state index contributed by atoms with van der Waals surface area (Å²) in [4.78, 5) is 16.5. The van der Waals surface area contributed by atoms with E-state index in [1.165, 1.54) is 29.2 Å². The molecule has 22 heavy (non-hydrogen) atoms. The van der Waals surface area contributed by atoms with Gasteiger partial charge < -0.3 is 15.7 Å². The number of aromatic nitrogens is 1. The minimum atomic E-state index is -0.673. The first-order valence-corrected chi connectivity index (χ1v) is 9.15. The Morgan fingerprint density at radius 1 is 1.50 bits per heavy atom. The third-order valence-corrected chi connectivity index (χ3v) is 5.37. The summed E-state index contributed by atoms with van der Waals surface area (Å²) in [5.74, 6) is 0.639. The van der Waals surface area contributed by atoms with Crippen LogP contribution in [0.15, 0.2) is 22.2 Å². The fourth-order valence-corrected chi connectivity index (χ4v) is 3.90. The number of amides is 2. The maximum Gasteiger partial charge on any atom is 0.315 e. The second-order valence-electron chi connectivity index (χ2n) is 5.53. The van der Waals surface area contributed by atoms with E-state index in [1.54, 1.807) is 11.3 Å². The van der Waals surface area contributed by atoms with E-state index < -0.39 is 6.10 Å². The van der Waals surface area contributed by atoms with Gasteiger partial charge >= 0.3 is 6.03 Å². The predicted octanol–water partition coefficient (Wildman–Crippen LogP) is 3.18. The third kappa shape index (κ3) is 3.85. The minimum absolute atomic E-state index is 0.137. The fraction of sp³-hybridized carbons (Fsp3) is 0.467. The highest BCUT2D eigenvalue weighted by molar-refractivity contribution is 7.09. The van der Waals surface area contributed by atoms with Gasteiger partial charge in [-0.15, -0.1) is 11.3 Å². The Labute approximate surface area is 137 Å². The number of hydrogen-bond acceptors (Lipinski definition) is 5. The molecule has 0 spiro atoms. The van der Waals surface area contributed by atoms with Gasteiger partial charge in [0.15, 0.2) is 0 Å². The average Bonchev–Trinajstić information content (AvgIpc) is 3.03. The lowest BCUT2D eigenvalue weighted by molar-refractivity contribution is 0.173. The van der Waals surface area contributed by atoms with Gasteiger partial charge in [-0.2, -0.15) is 11.3 Å². The van der Waals surface area contributed by atoms with Crippen LogP contribution in [0, 0.1) is 0 Å².